The molecule has 0 saturated carbocycles. The van der Waals surface area contributed by atoms with Crippen LogP contribution in [0.2, 0.25) is 0 Å². The normalized spacial score (nSPS) is 11.6. The lowest BCUT2D eigenvalue weighted by atomic mass is 10.0. The fourth-order valence-corrected chi connectivity index (χ4v) is 4.17. The first kappa shape index (κ1) is 19.0. The van der Waals surface area contributed by atoms with Gasteiger partial charge in [0.25, 0.3) is 5.56 Å². The number of nitrogens with zero attached hydrogens (tertiary/aromatic N) is 4. The SMILES string of the molecule is Cc1ncc(CO)c(/C=N/n2cnc3sc(C)c(-c4ccccc4)c3c2=O)c1O. The third kappa shape index (κ3) is 3.32. The van der Waals surface area contributed by atoms with Crippen LogP contribution in [0.3, 0.4) is 0 Å². The zero-order chi connectivity index (χ0) is 20.5. The van der Waals surface area contributed by atoms with Crippen LogP contribution in [0, 0.1) is 13.8 Å². The predicted octanol–water partition coefficient (Wildman–Crippen LogP) is 3.22. The zero-order valence-electron chi connectivity index (χ0n) is 15.8. The summed E-state index contributed by atoms with van der Waals surface area (Å²) in [6, 6.07) is 9.70. The summed E-state index contributed by atoms with van der Waals surface area (Å²) < 4.78 is 1.14. The molecule has 0 aliphatic carbocycles. The van der Waals surface area contributed by atoms with E-state index in [0.29, 0.717) is 27.0 Å². The van der Waals surface area contributed by atoms with Crippen LogP contribution in [-0.2, 0) is 6.61 Å². The van der Waals surface area contributed by atoms with Crippen molar-refractivity contribution in [3.63, 3.8) is 0 Å². The van der Waals surface area contributed by atoms with Gasteiger partial charge in [0.1, 0.15) is 16.9 Å². The Morgan fingerprint density at radius 2 is 1.97 bits per heavy atom. The summed E-state index contributed by atoms with van der Waals surface area (Å²) in [5.41, 5.74) is 2.63. The maximum atomic E-state index is 13.2. The molecule has 0 aliphatic rings. The van der Waals surface area contributed by atoms with E-state index in [1.165, 1.54) is 30.1 Å². The lowest BCUT2D eigenvalue weighted by Gasteiger charge is -2.07. The first-order valence-corrected chi connectivity index (χ1v) is 9.71. The number of benzene rings is 1. The minimum Gasteiger partial charge on any atom is -0.505 e. The average Bonchev–Trinajstić information content (AvgIpc) is 3.07. The number of aryl methyl sites for hydroxylation is 2. The smallest absolute Gasteiger partial charge is 0.283 e. The largest absolute Gasteiger partial charge is 0.505 e. The van der Waals surface area contributed by atoms with E-state index < -0.39 is 0 Å². The van der Waals surface area contributed by atoms with Crippen molar-refractivity contribution in [3.05, 3.63) is 74.9 Å². The van der Waals surface area contributed by atoms with Gasteiger partial charge in [-0.1, -0.05) is 30.3 Å². The first-order chi connectivity index (χ1) is 14.0. The fraction of sp³-hybridized carbons (Fsp3) is 0.143. The van der Waals surface area contributed by atoms with Crippen molar-refractivity contribution in [1.82, 2.24) is 14.6 Å². The van der Waals surface area contributed by atoms with Gasteiger partial charge in [-0.2, -0.15) is 9.78 Å². The van der Waals surface area contributed by atoms with E-state index in [1.807, 2.05) is 37.3 Å². The van der Waals surface area contributed by atoms with Crippen molar-refractivity contribution < 1.29 is 10.2 Å². The Morgan fingerprint density at radius 3 is 2.69 bits per heavy atom. The summed E-state index contributed by atoms with van der Waals surface area (Å²) in [5.74, 6) is -0.0845. The number of rotatable bonds is 4. The standard InChI is InChI=1S/C21H18N4O3S/c1-12-19(27)16(15(10-26)8-22-12)9-24-25-11-23-20-18(21(25)28)17(13(2)29-20)14-6-4-3-5-7-14/h3-9,11,26-27H,10H2,1-2H3/b24-9+. The second-order valence-corrected chi connectivity index (χ2v) is 7.71. The van der Waals surface area contributed by atoms with E-state index in [-0.39, 0.29) is 17.9 Å². The molecule has 3 aromatic heterocycles. The van der Waals surface area contributed by atoms with E-state index in [0.717, 1.165) is 20.7 Å². The molecule has 1 aromatic carbocycles. The van der Waals surface area contributed by atoms with E-state index >= 15 is 0 Å². The quantitative estimate of drug-likeness (QED) is 0.507. The van der Waals surface area contributed by atoms with Gasteiger partial charge in [0.2, 0.25) is 0 Å². The molecule has 29 heavy (non-hydrogen) atoms. The number of aliphatic hydroxyl groups excluding tert-OH is 1. The predicted molar refractivity (Wildman–Crippen MR) is 114 cm³/mol. The van der Waals surface area contributed by atoms with E-state index in [9.17, 15) is 15.0 Å². The van der Waals surface area contributed by atoms with Crippen LogP contribution < -0.4 is 5.56 Å². The third-order valence-corrected chi connectivity index (χ3v) is 5.69. The van der Waals surface area contributed by atoms with Crippen molar-refractivity contribution in [3.8, 4) is 16.9 Å². The van der Waals surface area contributed by atoms with Crippen molar-refractivity contribution in [2.24, 2.45) is 5.10 Å². The summed E-state index contributed by atoms with van der Waals surface area (Å²) >= 11 is 1.46. The van der Waals surface area contributed by atoms with Gasteiger partial charge in [-0.25, -0.2) is 4.98 Å². The molecule has 0 unspecified atom stereocenters. The van der Waals surface area contributed by atoms with Gasteiger partial charge in [-0.15, -0.1) is 11.3 Å². The molecule has 3 heterocycles. The molecule has 0 spiro atoms. The number of fused-ring (bicyclic) bond motifs is 1. The van der Waals surface area contributed by atoms with Crippen LogP contribution in [0.1, 0.15) is 21.7 Å². The number of pyridine rings is 1. The molecule has 0 radical (unpaired) electrons. The molecule has 0 fully saturated rings. The number of thiophene rings is 1. The zero-order valence-corrected chi connectivity index (χ0v) is 16.6. The van der Waals surface area contributed by atoms with Gasteiger partial charge in [-0.05, 0) is 19.4 Å². The van der Waals surface area contributed by atoms with Gasteiger partial charge in [0, 0.05) is 27.8 Å². The van der Waals surface area contributed by atoms with E-state index in [4.69, 9.17) is 0 Å². The summed E-state index contributed by atoms with van der Waals surface area (Å²) in [4.78, 5) is 23.2. The summed E-state index contributed by atoms with van der Waals surface area (Å²) in [6.45, 7) is 3.30. The molecule has 0 amide bonds. The second kappa shape index (κ2) is 7.57. The molecule has 4 rings (SSSR count). The van der Waals surface area contributed by atoms with Crippen molar-refractivity contribution in [2.75, 3.05) is 0 Å². The van der Waals surface area contributed by atoms with Gasteiger partial charge in [0.15, 0.2) is 0 Å². The first-order valence-electron chi connectivity index (χ1n) is 8.90. The highest BCUT2D eigenvalue weighted by atomic mass is 32.1. The van der Waals surface area contributed by atoms with Crippen molar-refractivity contribution in [2.45, 2.75) is 20.5 Å². The molecule has 0 atom stereocenters. The summed E-state index contributed by atoms with van der Waals surface area (Å²) in [7, 11) is 0. The van der Waals surface area contributed by atoms with Crippen LogP contribution in [-0.4, -0.2) is 31.1 Å². The van der Waals surface area contributed by atoms with Crippen molar-refractivity contribution >= 4 is 27.8 Å². The molecule has 0 bridgehead atoms. The average molecular weight is 406 g/mol. The molecule has 7 nitrogen and oxygen atoms in total. The van der Waals surface area contributed by atoms with Crippen LogP contribution in [0.15, 0.2) is 52.8 Å². The Labute approximate surface area is 170 Å². The van der Waals surface area contributed by atoms with Gasteiger partial charge in [0.05, 0.1) is 23.9 Å². The summed E-state index contributed by atoms with van der Waals surface area (Å²) in [5, 5.41) is 24.5. The lowest BCUT2D eigenvalue weighted by molar-refractivity contribution is 0.280. The lowest BCUT2D eigenvalue weighted by Crippen LogP contribution is -2.17. The Bertz CT molecular complexity index is 1290. The Kier molecular flexibility index (Phi) is 4.96. The Balaban J connectivity index is 1.87. The van der Waals surface area contributed by atoms with Gasteiger partial charge < -0.3 is 10.2 Å². The highest BCUT2D eigenvalue weighted by molar-refractivity contribution is 7.19. The Morgan fingerprint density at radius 1 is 1.21 bits per heavy atom. The monoisotopic (exact) mass is 406 g/mol. The maximum absolute atomic E-state index is 13.2. The topological polar surface area (TPSA) is 101 Å². The van der Waals surface area contributed by atoms with Crippen molar-refractivity contribution in [1.29, 1.82) is 0 Å². The highest BCUT2D eigenvalue weighted by Crippen LogP contribution is 2.35. The molecular formula is C21H18N4O3S. The van der Waals surface area contributed by atoms with Crippen LogP contribution >= 0.6 is 11.3 Å². The molecule has 0 aliphatic heterocycles. The summed E-state index contributed by atoms with van der Waals surface area (Å²) in [6.07, 6.45) is 4.16. The second-order valence-electron chi connectivity index (χ2n) is 6.51. The van der Waals surface area contributed by atoms with Crippen LogP contribution in [0.25, 0.3) is 21.3 Å². The third-order valence-electron chi connectivity index (χ3n) is 4.67. The maximum Gasteiger partial charge on any atom is 0.283 e. The minimum absolute atomic E-state index is 0.0845. The Hall–Kier alpha value is -3.36. The molecule has 0 saturated heterocycles. The number of hydrogen-bond acceptors (Lipinski definition) is 7. The van der Waals surface area contributed by atoms with E-state index in [1.54, 1.807) is 6.92 Å². The number of hydrogen-bond donors (Lipinski definition) is 2. The molecule has 146 valence electrons. The molecular weight excluding hydrogens is 388 g/mol. The number of aromatic nitrogens is 3. The number of aliphatic hydroxyl groups is 1. The van der Waals surface area contributed by atoms with Crippen LogP contribution in [0.4, 0.5) is 0 Å². The van der Waals surface area contributed by atoms with Crippen LogP contribution in [0.5, 0.6) is 5.75 Å². The molecule has 4 aromatic rings. The van der Waals surface area contributed by atoms with Gasteiger partial charge in [-0.3, -0.25) is 9.78 Å². The molecule has 2 N–H and O–H groups in total. The highest BCUT2D eigenvalue weighted by Gasteiger charge is 2.17. The number of aromatic hydroxyl groups is 1. The van der Waals surface area contributed by atoms with Gasteiger partial charge >= 0.3 is 0 Å². The fourth-order valence-electron chi connectivity index (χ4n) is 3.17. The minimum atomic E-state index is -0.309. The molecule has 8 heteroatoms. The van der Waals surface area contributed by atoms with E-state index in [2.05, 4.69) is 15.1 Å².